The first kappa shape index (κ1) is 34.9. The molecule has 2 aromatic heterocycles. The van der Waals surface area contributed by atoms with Gasteiger partial charge in [-0.3, -0.25) is 19.3 Å². The van der Waals surface area contributed by atoms with Gasteiger partial charge in [-0.1, -0.05) is 0 Å². The van der Waals surface area contributed by atoms with Crippen LogP contribution in [0.3, 0.4) is 0 Å². The first-order chi connectivity index (χ1) is 24.5. The predicted molar refractivity (Wildman–Crippen MR) is 202 cm³/mol. The summed E-state index contributed by atoms with van der Waals surface area (Å²) in [5.74, 6) is 3.41. The first-order valence-corrected chi connectivity index (χ1v) is 18.6. The molecule has 0 radical (unpaired) electrons. The third kappa shape index (κ3) is 7.18. The molecule has 2 atom stereocenters. The maximum atomic E-state index is 13.6. The Hall–Kier alpha value is -4.51. The number of benzene rings is 1. The number of piperazine rings is 1. The summed E-state index contributed by atoms with van der Waals surface area (Å²) in [7, 11) is 0. The molecule has 5 aliphatic rings. The second-order valence-corrected chi connectivity index (χ2v) is 15.8. The van der Waals surface area contributed by atoms with Crippen LogP contribution in [0.2, 0.25) is 0 Å². The van der Waals surface area contributed by atoms with Gasteiger partial charge in [-0.25, -0.2) is 4.98 Å². The van der Waals surface area contributed by atoms with E-state index in [1.807, 2.05) is 58.2 Å². The second-order valence-electron chi connectivity index (χ2n) is 15.8. The Morgan fingerprint density at radius 1 is 1.04 bits per heavy atom. The fraction of sp³-hybridized carbons (Fsp3) is 0.525. The number of rotatable bonds is 13. The number of nitrogens with zero attached hydrogens (tertiary/aromatic N) is 3. The van der Waals surface area contributed by atoms with Crippen LogP contribution in [0.15, 0.2) is 41.3 Å². The van der Waals surface area contributed by atoms with Crippen molar-refractivity contribution in [2.45, 2.75) is 72.4 Å². The average Bonchev–Trinajstić information content (AvgIpc) is 3.83. The minimum absolute atomic E-state index is 0.0781. The van der Waals surface area contributed by atoms with E-state index in [1.54, 1.807) is 6.07 Å². The Morgan fingerprint density at radius 3 is 2.39 bits per heavy atom. The molecule has 3 heterocycles. The number of aromatic nitrogens is 2. The van der Waals surface area contributed by atoms with E-state index < -0.39 is 0 Å². The van der Waals surface area contributed by atoms with Crippen molar-refractivity contribution in [1.82, 2.24) is 25.5 Å². The monoisotopic (exact) mass is 692 g/mol. The van der Waals surface area contributed by atoms with Gasteiger partial charge in [-0.15, -0.1) is 0 Å². The standard InChI is InChI=1S/C40H52N8O3/c1-24(2)45-35-17-28(16-32(33(35)21-41)38(50)44-23-34-25(3)13-26(4)46-39(34)51)27-5-6-36(43-22-27)48-11-9-47(10-12-48)8-7-42-37(49)20-40-18-29-14-31(40)15-30(29)19-40/h5-6,13,16-17,21-22,24,29-31,41,45H,7-12,14-15,18-20,23H2,1-4H3,(H,42,49)(H,44,50)(H,46,51). The quantitative estimate of drug-likeness (QED) is 0.161. The number of aromatic amines is 1. The molecule has 8 rings (SSSR count). The summed E-state index contributed by atoms with van der Waals surface area (Å²) in [5, 5.41) is 17.7. The molecular weight excluding hydrogens is 640 g/mol. The minimum atomic E-state index is -0.361. The van der Waals surface area contributed by atoms with Crippen LogP contribution in [0, 0.1) is 42.4 Å². The molecule has 1 aliphatic heterocycles. The Bertz CT molecular complexity index is 1850. The summed E-state index contributed by atoms with van der Waals surface area (Å²) < 4.78 is 0. The summed E-state index contributed by atoms with van der Waals surface area (Å²) in [5.41, 5.74) is 5.38. The SMILES string of the molecule is Cc1cc(C)c(CNC(=O)c2cc(-c3ccc(N4CCN(CCNC(=O)CC56CC7CC5CC7C6)CC4)nc3)cc(NC(C)C)c2C=N)c(=O)[nH]1. The molecule has 3 aromatic rings. The van der Waals surface area contributed by atoms with Crippen LogP contribution in [0.1, 0.15) is 78.7 Å². The zero-order valence-corrected chi connectivity index (χ0v) is 30.4. The summed E-state index contributed by atoms with van der Waals surface area (Å²) in [6.07, 6.45) is 9.09. The molecule has 2 amide bonds. The molecule has 51 heavy (non-hydrogen) atoms. The van der Waals surface area contributed by atoms with E-state index in [4.69, 9.17) is 10.4 Å². The Morgan fingerprint density at radius 2 is 1.78 bits per heavy atom. The van der Waals surface area contributed by atoms with Crippen LogP contribution >= 0.6 is 0 Å². The Kier molecular flexibility index (Phi) is 9.76. The van der Waals surface area contributed by atoms with E-state index >= 15 is 0 Å². The molecule has 0 spiro atoms. The number of amides is 2. The molecule has 1 aromatic carbocycles. The molecule has 270 valence electrons. The number of nitrogens with one attached hydrogen (secondary N) is 5. The van der Waals surface area contributed by atoms with Crippen molar-refractivity contribution in [3.05, 3.63) is 74.8 Å². The third-order valence-electron chi connectivity index (χ3n) is 12.0. The number of aryl methyl sites for hydroxylation is 2. The fourth-order valence-electron chi connectivity index (χ4n) is 9.60. The van der Waals surface area contributed by atoms with Crippen molar-refractivity contribution >= 4 is 29.5 Å². The van der Waals surface area contributed by atoms with Gasteiger partial charge in [0.25, 0.3) is 11.5 Å². The Balaban J connectivity index is 0.962. The summed E-state index contributed by atoms with van der Waals surface area (Å²) in [4.78, 5) is 51.3. The maximum Gasteiger partial charge on any atom is 0.253 e. The third-order valence-corrected chi connectivity index (χ3v) is 12.0. The molecule has 4 bridgehead atoms. The van der Waals surface area contributed by atoms with E-state index in [-0.39, 0.29) is 30.0 Å². The number of H-pyrrole nitrogens is 1. The largest absolute Gasteiger partial charge is 0.382 e. The van der Waals surface area contributed by atoms with Crippen molar-refractivity contribution in [2.75, 3.05) is 49.5 Å². The Labute approximate surface area is 300 Å². The lowest BCUT2D eigenvalue weighted by Crippen LogP contribution is -2.48. The maximum absolute atomic E-state index is 13.6. The van der Waals surface area contributed by atoms with Crippen LogP contribution in [-0.2, 0) is 11.3 Å². The molecule has 5 fully saturated rings. The summed E-state index contributed by atoms with van der Waals surface area (Å²) >= 11 is 0. The van der Waals surface area contributed by atoms with Crippen molar-refractivity contribution < 1.29 is 9.59 Å². The van der Waals surface area contributed by atoms with Crippen molar-refractivity contribution in [2.24, 2.45) is 23.2 Å². The normalized spacial score (nSPS) is 23.6. The van der Waals surface area contributed by atoms with Crippen LogP contribution < -0.4 is 26.4 Å². The van der Waals surface area contributed by atoms with Crippen LogP contribution in [0.4, 0.5) is 11.5 Å². The van der Waals surface area contributed by atoms with Gasteiger partial charge in [0.1, 0.15) is 5.82 Å². The highest BCUT2D eigenvalue weighted by molar-refractivity contribution is 6.06. The fourth-order valence-corrected chi connectivity index (χ4v) is 9.60. The van der Waals surface area contributed by atoms with E-state index in [9.17, 15) is 14.4 Å². The molecule has 2 unspecified atom stereocenters. The summed E-state index contributed by atoms with van der Waals surface area (Å²) in [6.45, 7) is 12.9. The second kappa shape index (κ2) is 14.3. The average molecular weight is 693 g/mol. The van der Waals surface area contributed by atoms with E-state index in [1.165, 1.54) is 31.9 Å². The van der Waals surface area contributed by atoms with Gasteiger partial charge in [0.15, 0.2) is 0 Å². The lowest BCUT2D eigenvalue weighted by Gasteiger charge is -2.35. The van der Waals surface area contributed by atoms with E-state index in [0.29, 0.717) is 34.3 Å². The predicted octanol–water partition coefficient (Wildman–Crippen LogP) is 4.87. The lowest BCUT2D eigenvalue weighted by molar-refractivity contribution is -0.123. The number of hydrogen-bond donors (Lipinski definition) is 5. The van der Waals surface area contributed by atoms with E-state index in [2.05, 4.69) is 30.7 Å². The molecular formula is C40H52N8O3. The zero-order chi connectivity index (χ0) is 35.9. The number of carbonyl (C=O) groups excluding carboxylic acids is 2. The molecule has 11 heteroatoms. The summed E-state index contributed by atoms with van der Waals surface area (Å²) in [6, 6.07) is 9.77. The van der Waals surface area contributed by atoms with Gasteiger partial charge in [0.05, 0.1) is 5.56 Å². The molecule has 1 saturated heterocycles. The zero-order valence-electron chi connectivity index (χ0n) is 30.4. The van der Waals surface area contributed by atoms with Crippen LogP contribution in [0.5, 0.6) is 0 Å². The molecule has 5 N–H and O–H groups in total. The molecule has 4 saturated carbocycles. The topological polar surface area (TPSA) is 146 Å². The van der Waals surface area contributed by atoms with Gasteiger partial charge >= 0.3 is 0 Å². The van der Waals surface area contributed by atoms with Crippen LogP contribution in [0.25, 0.3) is 11.1 Å². The molecule has 4 aliphatic carbocycles. The minimum Gasteiger partial charge on any atom is -0.382 e. The highest BCUT2D eigenvalue weighted by Gasteiger charge is 2.63. The number of hydrogen-bond acceptors (Lipinski definition) is 8. The molecule has 11 nitrogen and oxygen atoms in total. The van der Waals surface area contributed by atoms with Gasteiger partial charge in [-0.2, -0.15) is 0 Å². The highest BCUT2D eigenvalue weighted by Crippen LogP contribution is 2.71. The smallest absolute Gasteiger partial charge is 0.253 e. The first-order valence-electron chi connectivity index (χ1n) is 18.6. The van der Waals surface area contributed by atoms with Gasteiger partial charge in [0.2, 0.25) is 5.91 Å². The number of carbonyl (C=O) groups is 2. The van der Waals surface area contributed by atoms with Crippen LogP contribution in [-0.4, -0.2) is 78.2 Å². The number of anilines is 2. The van der Waals surface area contributed by atoms with Crippen molar-refractivity contribution in [1.29, 1.82) is 5.41 Å². The highest BCUT2D eigenvalue weighted by atomic mass is 16.2. The van der Waals surface area contributed by atoms with Gasteiger partial charge in [-0.05, 0) is 118 Å². The van der Waals surface area contributed by atoms with Crippen molar-refractivity contribution in [3.8, 4) is 11.1 Å². The van der Waals surface area contributed by atoms with Gasteiger partial charge in [0, 0.05) is 98.8 Å². The van der Waals surface area contributed by atoms with E-state index in [0.717, 1.165) is 85.1 Å². The lowest BCUT2D eigenvalue weighted by atomic mass is 9.78. The van der Waals surface area contributed by atoms with Gasteiger partial charge < -0.3 is 31.2 Å². The van der Waals surface area contributed by atoms with Crippen molar-refractivity contribution in [3.63, 3.8) is 0 Å². The number of pyridine rings is 2.